The van der Waals surface area contributed by atoms with Crippen LogP contribution in [0.25, 0.3) is 11.0 Å². The zero-order chi connectivity index (χ0) is 19.5. The van der Waals surface area contributed by atoms with Gasteiger partial charge in [-0.15, -0.1) is 0 Å². The normalized spacial score (nSPS) is 16.5. The fraction of sp³-hybridized carbons (Fsp3) is 0.286. The first-order chi connectivity index (χ1) is 13.6. The lowest BCUT2D eigenvalue weighted by Crippen LogP contribution is -2.34. The summed E-state index contributed by atoms with van der Waals surface area (Å²) >= 11 is 0. The number of nitrogens with zero attached hydrogens (tertiary/aromatic N) is 2. The Hall–Kier alpha value is -3.35. The Kier molecular flexibility index (Phi) is 4.97. The first-order valence-corrected chi connectivity index (χ1v) is 9.30. The third kappa shape index (κ3) is 3.69. The summed E-state index contributed by atoms with van der Waals surface area (Å²) in [6.45, 7) is 0.869. The molecule has 0 spiro atoms. The van der Waals surface area contributed by atoms with E-state index in [1.54, 1.807) is 12.0 Å². The summed E-state index contributed by atoms with van der Waals surface area (Å²) in [5, 5.41) is 2.93. The van der Waals surface area contributed by atoms with Gasteiger partial charge in [0.15, 0.2) is 0 Å². The Morgan fingerprint density at radius 2 is 2.04 bits per heavy atom. The van der Waals surface area contributed by atoms with E-state index in [0.29, 0.717) is 19.5 Å². The molecule has 2 aromatic carbocycles. The molecule has 1 atom stereocenters. The number of hydrogen-bond acceptors (Lipinski definition) is 4. The summed E-state index contributed by atoms with van der Waals surface area (Å²) in [5.74, 6) is 1.09. The van der Waals surface area contributed by atoms with Gasteiger partial charge in [-0.1, -0.05) is 12.1 Å². The maximum Gasteiger partial charge on any atom is 0.227 e. The number of methoxy groups -OCH3 is 1. The van der Waals surface area contributed by atoms with Gasteiger partial charge in [-0.3, -0.25) is 9.59 Å². The van der Waals surface area contributed by atoms with Crippen molar-refractivity contribution in [1.29, 1.82) is 0 Å². The SMILES string of the molecule is COc1ccc(N2C[C@@H](C(=O)NCCc3nc4ccccc4[nH]3)CC2=O)cc1. The summed E-state index contributed by atoms with van der Waals surface area (Å²) < 4.78 is 5.14. The maximum absolute atomic E-state index is 12.5. The second-order valence-corrected chi connectivity index (χ2v) is 6.85. The van der Waals surface area contributed by atoms with Gasteiger partial charge in [-0.25, -0.2) is 4.98 Å². The number of para-hydroxylation sites is 2. The van der Waals surface area contributed by atoms with E-state index < -0.39 is 0 Å². The van der Waals surface area contributed by atoms with Gasteiger partial charge in [0.05, 0.1) is 24.1 Å². The van der Waals surface area contributed by atoms with E-state index in [1.807, 2.05) is 48.5 Å². The van der Waals surface area contributed by atoms with Gasteiger partial charge in [0, 0.05) is 31.6 Å². The van der Waals surface area contributed by atoms with E-state index in [-0.39, 0.29) is 24.2 Å². The van der Waals surface area contributed by atoms with Crippen LogP contribution in [0, 0.1) is 5.92 Å². The van der Waals surface area contributed by atoms with E-state index in [1.165, 1.54) is 0 Å². The summed E-state index contributed by atoms with van der Waals surface area (Å²) in [4.78, 5) is 34.2. The Bertz CT molecular complexity index is 963. The summed E-state index contributed by atoms with van der Waals surface area (Å²) in [7, 11) is 1.60. The maximum atomic E-state index is 12.5. The predicted molar refractivity (Wildman–Crippen MR) is 106 cm³/mol. The molecule has 0 bridgehead atoms. The van der Waals surface area contributed by atoms with Gasteiger partial charge >= 0.3 is 0 Å². The molecule has 4 rings (SSSR count). The highest BCUT2D eigenvalue weighted by Crippen LogP contribution is 2.26. The Morgan fingerprint density at radius 3 is 2.79 bits per heavy atom. The predicted octanol–water partition coefficient (Wildman–Crippen LogP) is 2.28. The smallest absolute Gasteiger partial charge is 0.227 e. The molecule has 7 heteroatoms. The van der Waals surface area contributed by atoms with E-state index >= 15 is 0 Å². The van der Waals surface area contributed by atoms with Crippen LogP contribution in [0.2, 0.25) is 0 Å². The number of anilines is 1. The minimum atomic E-state index is -0.342. The van der Waals surface area contributed by atoms with E-state index in [9.17, 15) is 9.59 Å². The topological polar surface area (TPSA) is 87.3 Å². The zero-order valence-corrected chi connectivity index (χ0v) is 15.6. The number of rotatable bonds is 6. The lowest BCUT2D eigenvalue weighted by atomic mass is 10.1. The fourth-order valence-corrected chi connectivity index (χ4v) is 3.47. The Balaban J connectivity index is 1.31. The van der Waals surface area contributed by atoms with Crippen molar-refractivity contribution >= 4 is 28.5 Å². The van der Waals surface area contributed by atoms with Crippen molar-refractivity contribution in [3.63, 3.8) is 0 Å². The summed E-state index contributed by atoms with van der Waals surface area (Å²) in [6, 6.07) is 15.1. The van der Waals surface area contributed by atoms with Gasteiger partial charge in [-0.05, 0) is 36.4 Å². The van der Waals surface area contributed by atoms with Gasteiger partial charge < -0.3 is 19.9 Å². The highest BCUT2D eigenvalue weighted by molar-refractivity contribution is 6.00. The second kappa shape index (κ2) is 7.72. The number of benzene rings is 2. The first-order valence-electron chi connectivity index (χ1n) is 9.30. The highest BCUT2D eigenvalue weighted by Gasteiger charge is 2.34. The molecule has 2 amide bonds. The molecular weight excluding hydrogens is 356 g/mol. The van der Waals surface area contributed by atoms with Crippen molar-refractivity contribution in [1.82, 2.24) is 15.3 Å². The largest absolute Gasteiger partial charge is 0.497 e. The van der Waals surface area contributed by atoms with Gasteiger partial charge in [0.1, 0.15) is 11.6 Å². The van der Waals surface area contributed by atoms with E-state index in [4.69, 9.17) is 4.74 Å². The Labute approximate surface area is 162 Å². The van der Waals surface area contributed by atoms with Crippen LogP contribution in [0.1, 0.15) is 12.2 Å². The Morgan fingerprint density at radius 1 is 1.25 bits per heavy atom. The molecule has 1 saturated heterocycles. The average Bonchev–Trinajstić information content (AvgIpc) is 3.31. The van der Waals surface area contributed by atoms with Crippen LogP contribution in [-0.4, -0.2) is 42.0 Å². The van der Waals surface area contributed by atoms with Crippen molar-refractivity contribution in [2.45, 2.75) is 12.8 Å². The number of nitrogens with one attached hydrogen (secondary N) is 2. The molecule has 1 fully saturated rings. The molecule has 144 valence electrons. The summed E-state index contributed by atoms with van der Waals surface area (Å²) in [5.41, 5.74) is 2.68. The fourth-order valence-electron chi connectivity index (χ4n) is 3.47. The van der Waals surface area contributed by atoms with Crippen LogP contribution in [0.5, 0.6) is 5.75 Å². The third-order valence-electron chi connectivity index (χ3n) is 4.98. The number of imidazole rings is 1. The molecule has 2 N–H and O–H groups in total. The van der Waals surface area contributed by atoms with Crippen molar-refractivity contribution < 1.29 is 14.3 Å². The highest BCUT2D eigenvalue weighted by atomic mass is 16.5. The molecule has 1 aromatic heterocycles. The van der Waals surface area contributed by atoms with Crippen molar-refractivity contribution in [2.24, 2.45) is 5.92 Å². The quantitative estimate of drug-likeness (QED) is 0.689. The lowest BCUT2D eigenvalue weighted by molar-refractivity contribution is -0.126. The van der Waals surface area contributed by atoms with Crippen LogP contribution in [0.4, 0.5) is 5.69 Å². The van der Waals surface area contributed by atoms with E-state index in [0.717, 1.165) is 28.3 Å². The van der Waals surface area contributed by atoms with Crippen molar-refractivity contribution in [3.8, 4) is 5.75 Å². The molecule has 0 unspecified atom stereocenters. The number of carbonyl (C=O) groups is 2. The van der Waals surface area contributed by atoms with Crippen LogP contribution >= 0.6 is 0 Å². The number of hydrogen-bond donors (Lipinski definition) is 2. The molecular formula is C21H22N4O3. The third-order valence-corrected chi connectivity index (χ3v) is 4.98. The van der Waals surface area contributed by atoms with Crippen molar-refractivity contribution in [2.75, 3.05) is 25.1 Å². The number of aromatic amines is 1. The number of aromatic nitrogens is 2. The van der Waals surface area contributed by atoms with Crippen LogP contribution in [-0.2, 0) is 16.0 Å². The minimum absolute atomic E-state index is 0.0393. The molecule has 28 heavy (non-hydrogen) atoms. The molecule has 0 saturated carbocycles. The second-order valence-electron chi connectivity index (χ2n) is 6.85. The van der Waals surface area contributed by atoms with Crippen molar-refractivity contribution in [3.05, 3.63) is 54.4 Å². The number of ether oxygens (including phenoxy) is 1. The first kappa shape index (κ1) is 18.0. The number of H-pyrrole nitrogens is 1. The standard InChI is InChI=1S/C21H22N4O3/c1-28-16-8-6-15(7-9-16)25-13-14(12-20(25)26)21(27)22-11-10-19-23-17-4-2-3-5-18(17)24-19/h2-9,14H,10-13H2,1H3,(H,22,27)(H,23,24)/t14-/m0/s1. The van der Waals surface area contributed by atoms with Gasteiger partial charge in [0.2, 0.25) is 11.8 Å². The molecule has 1 aliphatic rings. The number of fused-ring (bicyclic) bond motifs is 1. The van der Waals surface area contributed by atoms with Crippen LogP contribution in [0.3, 0.4) is 0 Å². The molecule has 0 radical (unpaired) electrons. The molecule has 7 nitrogen and oxygen atoms in total. The van der Waals surface area contributed by atoms with Crippen LogP contribution < -0.4 is 15.0 Å². The average molecular weight is 378 g/mol. The molecule has 0 aliphatic carbocycles. The van der Waals surface area contributed by atoms with Gasteiger partial charge in [0.25, 0.3) is 0 Å². The van der Waals surface area contributed by atoms with E-state index in [2.05, 4.69) is 15.3 Å². The van der Waals surface area contributed by atoms with Gasteiger partial charge in [-0.2, -0.15) is 0 Å². The summed E-state index contributed by atoms with van der Waals surface area (Å²) in [6.07, 6.45) is 0.839. The zero-order valence-electron chi connectivity index (χ0n) is 15.6. The molecule has 2 heterocycles. The number of amides is 2. The molecule has 1 aliphatic heterocycles. The monoisotopic (exact) mass is 378 g/mol. The molecule has 3 aromatic rings. The van der Waals surface area contributed by atoms with Crippen LogP contribution in [0.15, 0.2) is 48.5 Å². The lowest BCUT2D eigenvalue weighted by Gasteiger charge is -2.17. The number of carbonyl (C=O) groups excluding carboxylic acids is 2. The minimum Gasteiger partial charge on any atom is -0.497 e.